The molecule has 366 valence electrons. The minimum absolute atomic E-state index is 0.253. The van der Waals surface area contributed by atoms with Crippen LogP contribution in [0.25, 0.3) is 0 Å². The summed E-state index contributed by atoms with van der Waals surface area (Å²) in [5.74, 6) is 0. The van der Waals surface area contributed by atoms with Gasteiger partial charge in [0.05, 0.1) is 19.6 Å². The van der Waals surface area contributed by atoms with Gasteiger partial charge in [0.25, 0.3) is 0 Å². The molecule has 0 heterocycles. The Morgan fingerprint density at radius 1 is 0.273 bits per heavy atom. The molecule has 0 N–H and O–H groups in total. The van der Waals surface area contributed by atoms with Crippen molar-refractivity contribution in [3.63, 3.8) is 0 Å². The molecule has 0 saturated heterocycles. The second-order valence-electron chi connectivity index (χ2n) is 17.3. The monoisotopic (exact) mass is 986 g/mol. The molecule has 12 nitrogen and oxygen atoms in total. The van der Waals surface area contributed by atoms with Crippen molar-refractivity contribution in [1.29, 1.82) is 0 Å². The number of aryl methyl sites for hydroxylation is 4. The first-order chi connectivity index (χ1) is 31.3. The van der Waals surface area contributed by atoms with Crippen molar-refractivity contribution in [1.82, 2.24) is 17.2 Å². The van der Waals surface area contributed by atoms with Crippen LogP contribution in [0.1, 0.15) is 113 Å². The molecule has 0 bridgehead atoms. The lowest BCUT2D eigenvalue weighted by Gasteiger charge is -2.24. The SMILES string of the molecule is CCN(CCCCN(CCCCCCCCCCN(CCCCN(CC)S(=O)(=O)c1ccc(C)cc1)S(=O)(=O)c1ccc(C)cc1)S(=O)(=O)c1ccc(C)cc1)S(=O)(=O)c1ccc(C)cc1. The van der Waals surface area contributed by atoms with Gasteiger partial charge in [0.1, 0.15) is 0 Å². The maximum Gasteiger partial charge on any atom is 0.243 e. The predicted octanol–water partition coefficient (Wildman–Crippen LogP) is 9.70. The molecule has 0 amide bonds. The van der Waals surface area contributed by atoms with Gasteiger partial charge in [-0.25, -0.2) is 33.7 Å². The van der Waals surface area contributed by atoms with Gasteiger partial charge in [-0.05, 0) is 115 Å². The average molecular weight is 987 g/mol. The quantitative estimate of drug-likeness (QED) is 0.0453. The van der Waals surface area contributed by atoms with Crippen molar-refractivity contribution in [3.8, 4) is 0 Å². The van der Waals surface area contributed by atoms with Crippen LogP contribution in [0.5, 0.6) is 0 Å². The van der Waals surface area contributed by atoms with Crippen LogP contribution in [0.15, 0.2) is 117 Å². The predicted molar refractivity (Wildman–Crippen MR) is 267 cm³/mol. The standard InChI is InChI=1S/C50H74N4O8S4/c1-7-51(63(55,56)47-29-21-43(3)22-30-47)37-17-19-41-53(65(59,60)49-33-25-45(5)26-34-49)39-15-13-11-9-10-12-14-16-40-54(66(61,62)50-35-27-46(6)28-36-50)42-20-18-38-52(8-2)64(57,58)48-31-23-44(4)24-32-48/h21-36H,7-20,37-42H2,1-6H3. The largest absolute Gasteiger partial charge is 0.243 e. The summed E-state index contributed by atoms with van der Waals surface area (Å²) in [6.45, 7) is 13.9. The fourth-order valence-corrected chi connectivity index (χ4v) is 13.8. The van der Waals surface area contributed by atoms with Crippen molar-refractivity contribution in [3.05, 3.63) is 119 Å². The summed E-state index contributed by atoms with van der Waals surface area (Å²) in [6.07, 6.45) is 9.08. The first-order valence-electron chi connectivity index (χ1n) is 23.6. The molecule has 66 heavy (non-hydrogen) atoms. The highest BCUT2D eigenvalue weighted by atomic mass is 32.2. The number of benzene rings is 4. The van der Waals surface area contributed by atoms with E-state index >= 15 is 0 Å². The zero-order valence-electron chi connectivity index (χ0n) is 40.1. The van der Waals surface area contributed by atoms with E-state index in [-0.39, 0.29) is 19.6 Å². The van der Waals surface area contributed by atoms with Gasteiger partial charge in [0.15, 0.2) is 0 Å². The maximum atomic E-state index is 13.8. The van der Waals surface area contributed by atoms with Crippen LogP contribution < -0.4 is 0 Å². The number of hydrogen-bond donors (Lipinski definition) is 0. The van der Waals surface area contributed by atoms with Gasteiger partial charge in [-0.1, -0.05) is 123 Å². The minimum Gasteiger partial charge on any atom is -0.207 e. The Labute approximate surface area is 398 Å². The summed E-state index contributed by atoms with van der Waals surface area (Å²) in [6, 6.07) is 27.4. The molecule has 0 saturated carbocycles. The van der Waals surface area contributed by atoms with E-state index < -0.39 is 40.1 Å². The lowest BCUT2D eigenvalue weighted by Crippen LogP contribution is -2.35. The molecular weight excluding hydrogens is 913 g/mol. The summed E-state index contributed by atoms with van der Waals surface area (Å²) in [5.41, 5.74) is 3.91. The molecule has 0 fully saturated rings. The second-order valence-corrected chi connectivity index (χ2v) is 25.0. The molecule has 16 heteroatoms. The maximum absolute atomic E-state index is 13.8. The molecule has 0 radical (unpaired) electrons. The second kappa shape index (κ2) is 26.3. The fourth-order valence-electron chi connectivity index (χ4n) is 7.83. The summed E-state index contributed by atoms with van der Waals surface area (Å²) in [5, 5.41) is 0. The van der Waals surface area contributed by atoms with Crippen LogP contribution in [-0.2, 0) is 40.1 Å². The number of nitrogens with zero attached hydrogens (tertiary/aromatic N) is 4. The molecule has 4 aromatic carbocycles. The van der Waals surface area contributed by atoms with Crippen LogP contribution >= 0.6 is 0 Å². The third kappa shape index (κ3) is 16.1. The van der Waals surface area contributed by atoms with Gasteiger partial charge in [0.2, 0.25) is 40.1 Å². The highest BCUT2D eigenvalue weighted by Crippen LogP contribution is 2.23. The van der Waals surface area contributed by atoms with Crippen LogP contribution in [0, 0.1) is 27.7 Å². The summed E-state index contributed by atoms with van der Waals surface area (Å²) in [4.78, 5) is 1.01. The van der Waals surface area contributed by atoms with Crippen LogP contribution in [-0.4, -0.2) is 103 Å². The Kier molecular flexibility index (Phi) is 22.0. The van der Waals surface area contributed by atoms with E-state index in [0.29, 0.717) is 90.9 Å². The Hall–Kier alpha value is -3.48. The zero-order chi connectivity index (χ0) is 48.4. The van der Waals surface area contributed by atoms with Crippen LogP contribution in [0.2, 0.25) is 0 Å². The van der Waals surface area contributed by atoms with Crippen molar-refractivity contribution in [2.24, 2.45) is 0 Å². The van der Waals surface area contributed by atoms with E-state index in [4.69, 9.17) is 0 Å². The van der Waals surface area contributed by atoms with Gasteiger partial charge >= 0.3 is 0 Å². The summed E-state index contributed by atoms with van der Waals surface area (Å²) >= 11 is 0. The molecule has 0 aliphatic carbocycles. The van der Waals surface area contributed by atoms with Gasteiger partial charge in [-0.2, -0.15) is 17.2 Å². The van der Waals surface area contributed by atoms with E-state index in [9.17, 15) is 33.7 Å². The highest BCUT2D eigenvalue weighted by molar-refractivity contribution is 7.90. The highest BCUT2D eigenvalue weighted by Gasteiger charge is 2.27. The lowest BCUT2D eigenvalue weighted by atomic mass is 10.1. The molecule has 4 rings (SSSR count). The van der Waals surface area contributed by atoms with Crippen molar-refractivity contribution in [2.45, 2.75) is 138 Å². The Balaban J connectivity index is 1.24. The van der Waals surface area contributed by atoms with E-state index in [1.807, 2.05) is 41.5 Å². The molecular formula is C50H74N4O8S4. The zero-order valence-corrected chi connectivity index (χ0v) is 43.3. The van der Waals surface area contributed by atoms with Gasteiger partial charge in [0, 0.05) is 52.4 Å². The molecule has 0 spiro atoms. The molecule has 0 aliphatic heterocycles. The van der Waals surface area contributed by atoms with Gasteiger partial charge in [-0.3, -0.25) is 0 Å². The van der Waals surface area contributed by atoms with Crippen molar-refractivity contribution in [2.75, 3.05) is 52.4 Å². The molecule has 0 atom stereocenters. The van der Waals surface area contributed by atoms with Crippen molar-refractivity contribution >= 4 is 40.1 Å². The Bertz CT molecular complexity index is 2340. The van der Waals surface area contributed by atoms with E-state index in [0.717, 1.165) is 60.8 Å². The third-order valence-corrected chi connectivity index (χ3v) is 19.8. The number of rotatable bonds is 31. The lowest BCUT2D eigenvalue weighted by molar-refractivity contribution is 0.364. The third-order valence-electron chi connectivity index (χ3n) is 12.0. The van der Waals surface area contributed by atoms with Crippen molar-refractivity contribution < 1.29 is 33.7 Å². The average Bonchev–Trinajstić information content (AvgIpc) is 3.28. The molecule has 0 aromatic heterocycles. The van der Waals surface area contributed by atoms with Gasteiger partial charge in [-0.15, -0.1) is 0 Å². The first-order valence-corrected chi connectivity index (χ1v) is 29.4. The molecule has 4 aromatic rings. The smallest absolute Gasteiger partial charge is 0.207 e. The fraction of sp³-hybridized carbons (Fsp3) is 0.520. The van der Waals surface area contributed by atoms with E-state index in [1.165, 1.54) is 8.61 Å². The van der Waals surface area contributed by atoms with Gasteiger partial charge < -0.3 is 0 Å². The summed E-state index contributed by atoms with van der Waals surface area (Å²) < 4.78 is 115. The Morgan fingerprint density at radius 2 is 0.439 bits per heavy atom. The van der Waals surface area contributed by atoms with Crippen LogP contribution in [0.3, 0.4) is 0 Å². The van der Waals surface area contributed by atoms with E-state index in [2.05, 4.69) is 0 Å². The first kappa shape index (κ1) is 55.1. The van der Waals surface area contributed by atoms with Crippen LogP contribution in [0.4, 0.5) is 0 Å². The molecule has 0 unspecified atom stereocenters. The number of hydrogen-bond acceptors (Lipinski definition) is 8. The number of unbranched alkanes of at least 4 members (excludes halogenated alkanes) is 9. The normalized spacial score (nSPS) is 12.8. The minimum atomic E-state index is -3.75. The molecule has 0 aliphatic rings. The topological polar surface area (TPSA) is 150 Å². The Morgan fingerprint density at radius 3 is 0.652 bits per heavy atom. The van der Waals surface area contributed by atoms with E-state index in [1.54, 1.807) is 106 Å². The summed E-state index contributed by atoms with van der Waals surface area (Å²) in [7, 11) is -14.8. The number of sulfonamides is 4.